The molecule has 0 bridgehead atoms. The quantitative estimate of drug-likeness (QED) is 0.330. The Morgan fingerprint density at radius 3 is 2.81 bits per heavy atom. The van der Waals surface area contributed by atoms with Gasteiger partial charge in [-0.25, -0.2) is 9.97 Å². The average molecular weight is 221 g/mol. The minimum absolute atomic E-state index is 0.0145. The predicted octanol–water partition coefficient (Wildman–Crippen LogP) is 0.561. The summed E-state index contributed by atoms with van der Waals surface area (Å²) in [4.78, 5) is 10.6. The summed E-state index contributed by atoms with van der Waals surface area (Å²) in [6.45, 7) is 1.94. The van der Waals surface area contributed by atoms with Crippen LogP contribution in [0.15, 0.2) is 17.4 Å². The van der Waals surface area contributed by atoms with Crippen LogP contribution in [0, 0.1) is 0 Å². The maximum atomic E-state index is 8.58. The number of amidine groups is 1. The molecule has 0 atom stereocenters. The molecule has 1 fully saturated rings. The third-order valence-electron chi connectivity index (χ3n) is 2.65. The van der Waals surface area contributed by atoms with Gasteiger partial charge in [0.1, 0.15) is 5.69 Å². The number of aromatic nitrogens is 2. The lowest BCUT2D eigenvalue weighted by molar-refractivity contribution is 0.318. The molecule has 1 aliphatic rings. The Labute approximate surface area is 93.8 Å². The molecule has 0 spiro atoms. The molecule has 1 aliphatic heterocycles. The summed E-state index contributed by atoms with van der Waals surface area (Å²) in [6, 6.07) is 1.63. The maximum absolute atomic E-state index is 8.58. The van der Waals surface area contributed by atoms with Gasteiger partial charge in [-0.2, -0.15) is 0 Å². The van der Waals surface area contributed by atoms with Crippen LogP contribution in [0.25, 0.3) is 0 Å². The van der Waals surface area contributed by atoms with E-state index in [4.69, 9.17) is 10.9 Å². The van der Waals surface area contributed by atoms with E-state index in [-0.39, 0.29) is 5.84 Å². The predicted molar refractivity (Wildman–Crippen MR) is 60.6 cm³/mol. The third kappa shape index (κ3) is 2.21. The minimum Gasteiger partial charge on any atom is -0.409 e. The zero-order chi connectivity index (χ0) is 11.4. The number of piperidine rings is 1. The minimum atomic E-state index is 0.0145. The van der Waals surface area contributed by atoms with Crippen molar-refractivity contribution in [3.63, 3.8) is 0 Å². The van der Waals surface area contributed by atoms with Gasteiger partial charge < -0.3 is 15.8 Å². The van der Waals surface area contributed by atoms with Crippen molar-refractivity contribution in [2.75, 3.05) is 18.0 Å². The number of anilines is 1. The topological polar surface area (TPSA) is 87.6 Å². The van der Waals surface area contributed by atoms with Crippen LogP contribution in [0.5, 0.6) is 0 Å². The summed E-state index contributed by atoms with van der Waals surface area (Å²) in [5, 5.41) is 11.5. The second-order valence-corrected chi connectivity index (χ2v) is 3.77. The Bertz CT molecular complexity index is 387. The highest BCUT2D eigenvalue weighted by Gasteiger charge is 2.14. The molecule has 0 saturated carbocycles. The van der Waals surface area contributed by atoms with Gasteiger partial charge in [-0.05, 0) is 25.3 Å². The van der Waals surface area contributed by atoms with Crippen molar-refractivity contribution in [3.8, 4) is 0 Å². The molecule has 1 saturated heterocycles. The molecule has 6 nitrogen and oxygen atoms in total. The fourth-order valence-corrected chi connectivity index (χ4v) is 1.79. The van der Waals surface area contributed by atoms with Crippen molar-refractivity contribution >= 4 is 11.8 Å². The first-order valence-corrected chi connectivity index (χ1v) is 5.37. The molecule has 0 amide bonds. The maximum Gasteiger partial charge on any atom is 0.225 e. The molecule has 3 N–H and O–H groups in total. The Morgan fingerprint density at radius 1 is 1.38 bits per heavy atom. The fraction of sp³-hybridized carbons (Fsp3) is 0.500. The average Bonchev–Trinajstić information content (AvgIpc) is 2.39. The highest BCUT2D eigenvalue weighted by atomic mass is 16.4. The second kappa shape index (κ2) is 4.78. The Kier molecular flexibility index (Phi) is 3.19. The highest BCUT2D eigenvalue weighted by Crippen LogP contribution is 2.15. The lowest BCUT2D eigenvalue weighted by Gasteiger charge is -2.26. The number of nitrogens with zero attached hydrogens (tertiary/aromatic N) is 4. The molecule has 6 heteroatoms. The van der Waals surface area contributed by atoms with Crippen LogP contribution in [0.1, 0.15) is 25.0 Å². The van der Waals surface area contributed by atoms with Gasteiger partial charge in [0.25, 0.3) is 0 Å². The van der Waals surface area contributed by atoms with Gasteiger partial charge in [0.2, 0.25) is 5.95 Å². The lowest BCUT2D eigenvalue weighted by atomic mass is 10.1. The van der Waals surface area contributed by atoms with Crippen molar-refractivity contribution in [2.45, 2.75) is 19.3 Å². The van der Waals surface area contributed by atoms with Gasteiger partial charge in [0, 0.05) is 19.3 Å². The summed E-state index contributed by atoms with van der Waals surface area (Å²) in [6.07, 6.45) is 5.22. The van der Waals surface area contributed by atoms with Crippen LogP contribution >= 0.6 is 0 Å². The van der Waals surface area contributed by atoms with Crippen molar-refractivity contribution in [1.82, 2.24) is 9.97 Å². The van der Waals surface area contributed by atoms with Gasteiger partial charge in [-0.3, -0.25) is 0 Å². The number of hydrogen-bond acceptors (Lipinski definition) is 5. The molecule has 2 rings (SSSR count). The Balaban J connectivity index is 2.21. The smallest absolute Gasteiger partial charge is 0.225 e. The lowest BCUT2D eigenvalue weighted by Crippen LogP contribution is -2.31. The van der Waals surface area contributed by atoms with Crippen LogP contribution in [-0.4, -0.2) is 34.1 Å². The summed E-state index contributed by atoms with van der Waals surface area (Å²) < 4.78 is 0. The normalized spacial score (nSPS) is 17.5. The SMILES string of the molecule is N/C(=N/O)c1ccnc(N2CCCCC2)n1. The molecule has 16 heavy (non-hydrogen) atoms. The van der Waals surface area contributed by atoms with Crippen LogP contribution in [-0.2, 0) is 0 Å². The largest absolute Gasteiger partial charge is 0.409 e. The summed E-state index contributed by atoms with van der Waals surface area (Å²) in [5.41, 5.74) is 5.94. The zero-order valence-electron chi connectivity index (χ0n) is 9.00. The third-order valence-corrected chi connectivity index (χ3v) is 2.65. The van der Waals surface area contributed by atoms with E-state index in [2.05, 4.69) is 20.0 Å². The van der Waals surface area contributed by atoms with E-state index in [1.165, 1.54) is 6.42 Å². The van der Waals surface area contributed by atoms with Gasteiger partial charge in [0.05, 0.1) is 0 Å². The Morgan fingerprint density at radius 2 is 2.12 bits per heavy atom. The monoisotopic (exact) mass is 221 g/mol. The molecule has 1 aromatic rings. The van der Waals surface area contributed by atoms with Crippen LogP contribution in [0.3, 0.4) is 0 Å². The van der Waals surface area contributed by atoms with E-state index in [9.17, 15) is 0 Å². The van der Waals surface area contributed by atoms with Crippen molar-refractivity contribution in [2.24, 2.45) is 10.9 Å². The zero-order valence-corrected chi connectivity index (χ0v) is 9.00. The highest BCUT2D eigenvalue weighted by molar-refractivity contribution is 5.95. The molecule has 2 heterocycles. The molecule has 86 valence electrons. The number of nitrogens with two attached hydrogens (primary N) is 1. The van der Waals surface area contributed by atoms with Gasteiger partial charge in [0.15, 0.2) is 5.84 Å². The van der Waals surface area contributed by atoms with Gasteiger partial charge in [-0.15, -0.1) is 0 Å². The van der Waals surface area contributed by atoms with E-state index < -0.39 is 0 Å². The van der Waals surface area contributed by atoms with E-state index >= 15 is 0 Å². The van der Waals surface area contributed by atoms with Crippen molar-refractivity contribution in [1.29, 1.82) is 0 Å². The summed E-state index contributed by atoms with van der Waals surface area (Å²) in [5.74, 6) is 0.671. The van der Waals surface area contributed by atoms with Crippen molar-refractivity contribution in [3.05, 3.63) is 18.0 Å². The summed E-state index contributed by atoms with van der Waals surface area (Å²) in [7, 11) is 0. The molecular weight excluding hydrogens is 206 g/mol. The first-order valence-electron chi connectivity index (χ1n) is 5.37. The molecule has 1 aromatic heterocycles. The summed E-state index contributed by atoms with van der Waals surface area (Å²) >= 11 is 0. The van der Waals surface area contributed by atoms with Crippen molar-refractivity contribution < 1.29 is 5.21 Å². The standard InChI is InChI=1S/C10H15N5O/c11-9(14-16)8-4-5-12-10(13-8)15-6-2-1-3-7-15/h4-5,16H,1-3,6-7H2,(H2,11,14). The van der Waals surface area contributed by atoms with Crippen LogP contribution in [0.4, 0.5) is 5.95 Å². The number of oxime groups is 1. The first-order chi connectivity index (χ1) is 7.81. The van der Waals surface area contributed by atoms with Gasteiger partial charge >= 0.3 is 0 Å². The van der Waals surface area contributed by atoms with Crippen LogP contribution in [0.2, 0.25) is 0 Å². The first kappa shape index (κ1) is 10.7. The molecule has 0 unspecified atom stereocenters. The Hall–Kier alpha value is -1.85. The fourth-order valence-electron chi connectivity index (χ4n) is 1.79. The molecular formula is C10H15N5O. The van der Waals surface area contributed by atoms with E-state index in [0.717, 1.165) is 25.9 Å². The molecule has 0 aromatic carbocycles. The number of hydrogen-bond donors (Lipinski definition) is 2. The second-order valence-electron chi connectivity index (χ2n) is 3.77. The van der Waals surface area contributed by atoms with Crippen LogP contribution < -0.4 is 10.6 Å². The molecule has 0 aliphatic carbocycles. The van der Waals surface area contributed by atoms with Gasteiger partial charge in [-0.1, -0.05) is 5.16 Å². The van der Waals surface area contributed by atoms with E-state index in [1.54, 1.807) is 12.3 Å². The number of rotatable bonds is 2. The molecule has 0 radical (unpaired) electrons. The van der Waals surface area contributed by atoms with E-state index in [1.807, 2.05) is 0 Å². The van der Waals surface area contributed by atoms with E-state index in [0.29, 0.717) is 11.6 Å².